The molecule has 1 amide bonds. The number of carbonyl (C=O) groups is 1. The minimum atomic E-state index is -0.837. The van der Waals surface area contributed by atoms with Crippen LogP contribution in [-0.2, 0) is 12.8 Å². The van der Waals surface area contributed by atoms with Gasteiger partial charge in [-0.2, -0.15) is 0 Å². The van der Waals surface area contributed by atoms with E-state index >= 15 is 0 Å². The number of amides is 1. The van der Waals surface area contributed by atoms with Crippen molar-refractivity contribution in [3.8, 4) is 0 Å². The Kier molecular flexibility index (Phi) is 4.22. The Labute approximate surface area is 151 Å². The normalized spacial score (nSPS) is 16.9. The molecule has 128 valence electrons. The van der Waals surface area contributed by atoms with Gasteiger partial charge in [-0.3, -0.25) is 4.98 Å². The number of rotatable bonds is 0. The molecule has 1 saturated heterocycles. The lowest BCUT2D eigenvalue weighted by Crippen LogP contribution is -2.35. The molecule has 5 heteroatoms. The summed E-state index contributed by atoms with van der Waals surface area (Å²) in [6, 6.07) is 10.2. The molecule has 1 aliphatic heterocycles. The zero-order chi connectivity index (χ0) is 17.4. The van der Waals surface area contributed by atoms with Gasteiger partial charge in [-0.1, -0.05) is 29.3 Å². The van der Waals surface area contributed by atoms with Crippen LogP contribution in [0.2, 0.25) is 5.02 Å². The molecule has 1 aromatic heterocycles. The van der Waals surface area contributed by atoms with E-state index in [1.807, 2.05) is 18.3 Å². The van der Waals surface area contributed by atoms with Gasteiger partial charge in [0.15, 0.2) is 0 Å². The number of benzene rings is 1. The molecule has 0 radical (unpaired) electrons. The lowest BCUT2D eigenvalue weighted by Gasteiger charge is -2.28. The number of halogens is 1. The Morgan fingerprint density at radius 3 is 2.60 bits per heavy atom. The summed E-state index contributed by atoms with van der Waals surface area (Å²) in [7, 11) is 0. The van der Waals surface area contributed by atoms with Crippen molar-refractivity contribution < 1.29 is 9.90 Å². The molecule has 1 N–H and O–H groups in total. The molecule has 0 atom stereocenters. The Morgan fingerprint density at radius 2 is 1.84 bits per heavy atom. The van der Waals surface area contributed by atoms with Crippen LogP contribution in [0.4, 0.5) is 4.79 Å². The van der Waals surface area contributed by atoms with Gasteiger partial charge in [0.1, 0.15) is 0 Å². The molecule has 0 saturated carbocycles. The summed E-state index contributed by atoms with van der Waals surface area (Å²) in [5.74, 6) is 0. The standard InChI is InChI=1S/C20H19ClN2O2/c21-16-5-6-17-15(12-16)4-3-14-2-1-9-22-19(14)18(17)13-7-10-23(11-8-13)20(24)25/h1-2,5-6,9,12H,3-4,7-8,10-11H2,(H,24,25). The van der Waals surface area contributed by atoms with Crippen molar-refractivity contribution in [2.45, 2.75) is 25.7 Å². The van der Waals surface area contributed by atoms with Gasteiger partial charge in [-0.15, -0.1) is 0 Å². The Bertz CT molecular complexity index is 866. The molecule has 1 aliphatic carbocycles. The van der Waals surface area contributed by atoms with E-state index in [-0.39, 0.29) is 0 Å². The van der Waals surface area contributed by atoms with E-state index in [1.165, 1.54) is 32.7 Å². The van der Waals surface area contributed by atoms with E-state index in [0.29, 0.717) is 13.1 Å². The predicted molar refractivity (Wildman–Crippen MR) is 98.0 cm³/mol. The molecule has 2 aromatic rings. The van der Waals surface area contributed by atoms with Gasteiger partial charge in [0.05, 0.1) is 5.69 Å². The molecule has 1 aromatic carbocycles. The van der Waals surface area contributed by atoms with E-state index in [1.54, 1.807) is 0 Å². The summed E-state index contributed by atoms with van der Waals surface area (Å²) in [6.45, 7) is 1.08. The third-order valence-corrected chi connectivity index (χ3v) is 5.35. The maximum absolute atomic E-state index is 11.2. The van der Waals surface area contributed by atoms with Crippen LogP contribution in [0.1, 0.15) is 35.2 Å². The monoisotopic (exact) mass is 354 g/mol. The van der Waals surface area contributed by atoms with Gasteiger partial charge in [0.2, 0.25) is 0 Å². The number of likely N-dealkylation sites (tertiary alicyclic amines) is 1. The smallest absolute Gasteiger partial charge is 0.407 e. The van der Waals surface area contributed by atoms with E-state index in [4.69, 9.17) is 16.6 Å². The van der Waals surface area contributed by atoms with Crippen molar-refractivity contribution in [1.82, 2.24) is 9.88 Å². The van der Waals surface area contributed by atoms with Crippen molar-refractivity contribution in [3.05, 3.63) is 69.5 Å². The highest BCUT2D eigenvalue weighted by molar-refractivity contribution is 6.30. The number of fused-ring (bicyclic) bond motifs is 2. The van der Waals surface area contributed by atoms with Gasteiger partial charge < -0.3 is 10.0 Å². The highest BCUT2D eigenvalue weighted by Crippen LogP contribution is 2.38. The summed E-state index contributed by atoms with van der Waals surface area (Å²) < 4.78 is 0. The second-order valence-electron chi connectivity index (χ2n) is 6.56. The highest BCUT2D eigenvalue weighted by atomic mass is 35.5. The Balaban J connectivity index is 1.86. The first-order chi connectivity index (χ1) is 12.1. The summed E-state index contributed by atoms with van der Waals surface area (Å²) in [6.07, 6.45) is 4.38. The van der Waals surface area contributed by atoms with Crippen LogP contribution in [0, 0.1) is 0 Å². The molecular weight excluding hydrogens is 336 g/mol. The third kappa shape index (κ3) is 3.02. The molecule has 0 unspecified atom stereocenters. The van der Waals surface area contributed by atoms with Gasteiger partial charge in [-0.25, -0.2) is 4.79 Å². The fourth-order valence-corrected chi connectivity index (χ4v) is 4.05. The second-order valence-corrected chi connectivity index (χ2v) is 7.00. The average molecular weight is 355 g/mol. The molecule has 2 aliphatic rings. The Hall–Kier alpha value is -2.33. The summed E-state index contributed by atoms with van der Waals surface area (Å²) >= 11 is 6.23. The number of aryl methyl sites for hydroxylation is 2. The van der Waals surface area contributed by atoms with Crippen molar-refractivity contribution in [3.63, 3.8) is 0 Å². The summed E-state index contributed by atoms with van der Waals surface area (Å²) in [5.41, 5.74) is 7.21. The SMILES string of the molecule is O=C(O)N1CCC(=C2c3ccc(Cl)cc3CCc3cccnc32)CC1. The molecule has 4 nitrogen and oxygen atoms in total. The molecule has 1 fully saturated rings. The first-order valence-electron chi connectivity index (χ1n) is 8.56. The van der Waals surface area contributed by atoms with Gasteiger partial charge in [0.25, 0.3) is 0 Å². The van der Waals surface area contributed by atoms with Crippen molar-refractivity contribution in [1.29, 1.82) is 0 Å². The Morgan fingerprint density at radius 1 is 1.08 bits per heavy atom. The maximum atomic E-state index is 11.2. The molecule has 25 heavy (non-hydrogen) atoms. The lowest BCUT2D eigenvalue weighted by atomic mass is 9.88. The van der Waals surface area contributed by atoms with Crippen LogP contribution in [0.5, 0.6) is 0 Å². The van der Waals surface area contributed by atoms with Crippen molar-refractivity contribution in [2.24, 2.45) is 0 Å². The van der Waals surface area contributed by atoms with Gasteiger partial charge in [0, 0.05) is 29.9 Å². The van der Waals surface area contributed by atoms with E-state index in [0.717, 1.165) is 36.4 Å². The summed E-state index contributed by atoms with van der Waals surface area (Å²) in [5, 5.41) is 9.96. The first-order valence-corrected chi connectivity index (χ1v) is 8.94. The van der Waals surface area contributed by atoms with Crippen molar-refractivity contribution >= 4 is 23.3 Å². The van der Waals surface area contributed by atoms with Gasteiger partial charge >= 0.3 is 6.09 Å². The quantitative estimate of drug-likeness (QED) is 0.762. The topological polar surface area (TPSA) is 53.4 Å². The summed E-state index contributed by atoms with van der Waals surface area (Å²) in [4.78, 5) is 17.4. The van der Waals surface area contributed by atoms with Gasteiger partial charge in [-0.05, 0) is 60.6 Å². The minimum absolute atomic E-state index is 0.541. The third-order valence-electron chi connectivity index (χ3n) is 5.12. The number of carboxylic acid groups (broad SMARTS) is 1. The maximum Gasteiger partial charge on any atom is 0.407 e. The number of hydrogen-bond acceptors (Lipinski definition) is 2. The lowest BCUT2D eigenvalue weighted by molar-refractivity contribution is 0.142. The molecule has 2 heterocycles. The van der Waals surface area contributed by atoms with E-state index in [2.05, 4.69) is 18.2 Å². The van der Waals surface area contributed by atoms with Crippen molar-refractivity contribution in [2.75, 3.05) is 13.1 Å². The first kappa shape index (κ1) is 16.2. The second kappa shape index (κ2) is 6.52. The predicted octanol–water partition coefficient (Wildman–Crippen LogP) is 4.41. The molecular formula is C20H19ClN2O2. The van der Waals surface area contributed by atoms with E-state index in [9.17, 15) is 9.90 Å². The van der Waals surface area contributed by atoms with Crippen LogP contribution < -0.4 is 0 Å². The zero-order valence-electron chi connectivity index (χ0n) is 13.8. The average Bonchev–Trinajstić information content (AvgIpc) is 2.78. The highest BCUT2D eigenvalue weighted by Gasteiger charge is 2.26. The van der Waals surface area contributed by atoms with Crippen LogP contribution >= 0.6 is 11.6 Å². The number of nitrogens with zero attached hydrogens (tertiary/aromatic N) is 2. The molecule has 4 rings (SSSR count). The minimum Gasteiger partial charge on any atom is -0.465 e. The number of pyridine rings is 1. The van der Waals surface area contributed by atoms with Crippen LogP contribution in [0.15, 0.2) is 42.1 Å². The van der Waals surface area contributed by atoms with E-state index < -0.39 is 6.09 Å². The number of aromatic nitrogens is 1. The molecule has 0 bridgehead atoms. The largest absolute Gasteiger partial charge is 0.465 e. The zero-order valence-corrected chi connectivity index (χ0v) is 14.6. The fourth-order valence-electron chi connectivity index (χ4n) is 3.85. The van der Waals surface area contributed by atoms with Crippen LogP contribution in [0.25, 0.3) is 5.57 Å². The van der Waals surface area contributed by atoms with Crippen LogP contribution in [0.3, 0.4) is 0 Å². The fraction of sp³-hybridized carbons (Fsp3) is 0.300. The number of piperidine rings is 1. The molecule has 0 spiro atoms. The van der Waals surface area contributed by atoms with Crippen LogP contribution in [-0.4, -0.2) is 34.2 Å². The number of hydrogen-bond donors (Lipinski definition) is 1.